The van der Waals surface area contributed by atoms with Crippen molar-refractivity contribution in [3.05, 3.63) is 0 Å². The highest BCUT2D eigenvalue weighted by atomic mass is 16.7. The number of ether oxygens (including phenoxy) is 9. The molecule has 3 saturated heterocycles. The highest BCUT2D eigenvalue weighted by Gasteiger charge is 2.71. The molecule has 7 aliphatic rings. The van der Waals surface area contributed by atoms with Crippen LogP contribution in [0.25, 0.3) is 0 Å². The van der Waals surface area contributed by atoms with Crippen molar-refractivity contribution in [2.45, 2.75) is 186 Å². The van der Waals surface area contributed by atoms with Gasteiger partial charge in [0, 0.05) is 46.5 Å². The summed E-state index contributed by atoms with van der Waals surface area (Å²) in [7, 11) is 0. The third kappa shape index (κ3) is 9.62. The fraction of sp³-hybridized carbons (Fsp3) is 0.891. The molecular weight excluding hydrogens is 856 g/mol. The molecule has 19 nitrogen and oxygen atoms in total. The van der Waals surface area contributed by atoms with Crippen molar-refractivity contribution in [1.82, 2.24) is 0 Å². The number of rotatable bonds is 13. The van der Waals surface area contributed by atoms with Crippen LogP contribution in [0.5, 0.6) is 0 Å². The van der Waals surface area contributed by atoms with Crippen LogP contribution in [0.15, 0.2) is 0 Å². The van der Waals surface area contributed by atoms with Crippen LogP contribution in [0.1, 0.15) is 107 Å². The Hall–Kier alpha value is -2.85. The Kier molecular flexibility index (Phi) is 14.8. The van der Waals surface area contributed by atoms with E-state index in [0.717, 1.165) is 12.8 Å². The van der Waals surface area contributed by atoms with Gasteiger partial charge in [0.25, 0.3) is 0 Å². The number of carbonyl (C=O) groups is 5. The predicted octanol–water partition coefficient (Wildman–Crippen LogP) is 1.47. The molecule has 4 saturated carbocycles. The Labute approximate surface area is 379 Å². The molecule has 7 rings (SSSR count). The van der Waals surface area contributed by atoms with E-state index in [9.17, 15) is 49.5 Å². The van der Waals surface area contributed by atoms with E-state index >= 15 is 0 Å². The number of aliphatic hydroxyl groups excluding tert-OH is 4. The quantitative estimate of drug-likeness (QED) is 0.129. The van der Waals surface area contributed by atoms with Gasteiger partial charge in [-0.25, -0.2) is 0 Å². The molecule has 0 aromatic heterocycles. The number of esters is 4. The SMILES string of the molecule is CC(=O)O[C@@H]1[C@@H](OC(C)=O)[C@H](O[C@@H]2C[C@]3(C)[C@@H]4[C@H](C[C@H]3[C@@H]3CC[C@@H]5CC(=O)[C@@H](OC(C)=O)C[C@]5(C)[C@H]32)O[C@](O)(CC[C@@H](C)CO[C@@H]2O[C@H](CO)[C@@H](O)[C@H](O)[C@H]2O)[C@H]4C)OC[C@@H]1OC(C)=O. The zero-order valence-corrected chi connectivity index (χ0v) is 38.7. The van der Waals surface area contributed by atoms with Crippen LogP contribution in [-0.2, 0) is 66.6 Å². The van der Waals surface area contributed by atoms with Crippen molar-refractivity contribution >= 4 is 29.7 Å². The molecule has 368 valence electrons. The van der Waals surface area contributed by atoms with Crippen molar-refractivity contribution in [3.63, 3.8) is 0 Å². The number of hydrogen-bond acceptors (Lipinski definition) is 19. The third-order valence-electron chi connectivity index (χ3n) is 16.4. The van der Waals surface area contributed by atoms with Crippen LogP contribution >= 0.6 is 0 Å². The lowest BCUT2D eigenvalue weighted by Crippen LogP contribution is -2.64. The van der Waals surface area contributed by atoms with Gasteiger partial charge in [-0.05, 0) is 84.9 Å². The van der Waals surface area contributed by atoms with E-state index in [1.54, 1.807) is 0 Å². The number of fused-ring (bicyclic) bond motifs is 7. The molecule has 0 radical (unpaired) electrons. The van der Waals surface area contributed by atoms with Gasteiger partial charge in [-0.2, -0.15) is 0 Å². The molecule has 0 amide bonds. The fourth-order valence-electron chi connectivity index (χ4n) is 13.6. The molecule has 5 N–H and O–H groups in total. The van der Waals surface area contributed by atoms with Crippen molar-refractivity contribution in [2.24, 2.45) is 52.3 Å². The Balaban J connectivity index is 1.15. The first-order valence-corrected chi connectivity index (χ1v) is 23.3. The van der Waals surface area contributed by atoms with Crippen LogP contribution in [0.4, 0.5) is 0 Å². The lowest BCUT2D eigenvalue weighted by molar-refractivity contribution is -0.313. The second-order valence-corrected chi connectivity index (χ2v) is 20.7. The third-order valence-corrected chi connectivity index (χ3v) is 16.4. The van der Waals surface area contributed by atoms with Crippen LogP contribution < -0.4 is 0 Å². The highest BCUT2D eigenvalue weighted by Crippen LogP contribution is 2.71. The minimum Gasteiger partial charge on any atom is -0.456 e. The molecule has 0 aromatic carbocycles. The van der Waals surface area contributed by atoms with Crippen LogP contribution in [0, 0.1) is 52.3 Å². The van der Waals surface area contributed by atoms with Crippen molar-refractivity contribution < 1.29 is 92.1 Å². The maximum atomic E-state index is 13.4. The Morgan fingerprint density at radius 3 is 2.12 bits per heavy atom. The summed E-state index contributed by atoms with van der Waals surface area (Å²) in [5.41, 5.74) is -1.02. The first-order chi connectivity index (χ1) is 30.5. The van der Waals surface area contributed by atoms with E-state index in [1.807, 2.05) is 13.8 Å². The molecule has 0 spiro atoms. The molecule has 7 fully saturated rings. The summed E-state index contributed by atoms with van der Waals surface area (Å²) in [4.78, 5) is 63.0. The summed E-state index contributed by atoms with van der Waals surface area (Å²) >= 11 is 0. The van der Waals surface area contributed by atoms with Crippen LogP contribution in [-0.4, -0.2) is 154 Å². The summed E-state index contributed by atoms with van der Waals surface area (Å²) in [5.74, 6) is -4.94. The summed E-state index contributed by atoms with van der Waals surface area (Å²) in [6, 6.07) is 0. The Morgan fingerprint density at radius 2 is 1.48 bits per heavy atom. The Morgan fingerprint density at radius 1 is 0.815 bits per heavy atom. The van der Waals surface area contributed by atoms with E-state index in [-0.39, 0.29) is 79.4 Å². The van der Waals surface area contributed by atoms with Gasteiger partial charge in [0.05, 0.1) is 32.0 Å². The van der Waals surface area contributed by atoms with Gasteiger partial charge in [0.1, 0.15) is 24.4 Å². The van der Waals surface area contributed by atoms with Gasteiger partial charge < -0.3 is 68.2 Å². The molecule has 3 aliphatic heterocycles. The molecular formula is C46H70O19. The molecule has 3 heterocycles. The van der Waals surface area contributed by atoms with Crippen molar-refractivity contribution in [3.8, 4) is 0 Å². The minimum atomic E-state index is -1.57. The molecule has 19 heteroatoms. The average molecular weight is 927 g/mol. The smallest absolute Gasteiger partial charge is 0.303 e. The van der Waals surface area contributed by atoms with E-state index < -0.39 is 115 Å². The second kappa shape index (κ2) is 19.3. The largest absolute Gasteiger partial charge is 0.456 e. The minimum absolute atomic E-state index is 0.0362. The topological polar surface area (TPSA) is 270 Å². The molecule has 0 bridgehead atoms. The highest BCUT2D eigenvalue weighted by molar-refractivity contribution is 5.86. The molecule has 0 unspecified atom stereocenters. The molecule has 22 atom stereocenters. The van der Waals surface area contributed by atoms with Gasteiger partial charge in [0.2, 0.25) is 0 Å². The monoisotopic (exact) mass is 926 g/mol. The maximum absolute atomic E-state index is 13.4. The van der Waals surface area contributed by atoms with Gasteiger partial charge in [-0.15, -0.1) is 0 Å². The van der Waals surface area contributed by atoms with E-state index in [2.05, 4.69) is 13.8 Å². The van der Waals surface area contributed by atoms with Crippen LogP contribution in [0.3, 0.4) is 0 Å². The number of carbonyl (C=O) groups excluding carboxylic acids is 5. The maximum Gasteiger partial charge on any atom is 0.303 e. The van der Waals surface area contributed by atoms with Gasteiger partial charge in [0.15, 0.2) is 48.6 Å². The zero-order chi connectivity index (χ0) is 47.5. The molecule has 0 aromatic rings. The number of Topliss-reactive ketones (excluding diaryl/α,β-unsaturated/α-hetero) is 1. The average Bonchev–Trinajstić information content (AvgIpc) is 3.65. The lowest BCUT2D eigenvalue weighted by atomic mass is 9.43. The predicted molar refractivity (Wildman–Crippen MR) is 220 cm³/mol. The molecule has 65 heavy (non-hydrogen) atoms. The summed E-state index contributed by atoms with van der Waals surface area (Å²) < 4.78 is 54.0. The van der Waals surface area contributed by atoms with Gasteiger partial charge in [-0.3, -0.25) is 24.0 Å². The first-order valence-electron chi connectivity index (χ1n) is 23.3. The van der Waals surface area contributed by atoms with Crippen molar-refractivity contribution in [1.29, 1.82) is 0 Å². The summed E-state index contributed by atoms with van der Waals surface area (Å²) in [6.07, 6.45) is -9.82. The number of hydrogen-bond donors (Lipinski definition) is 5. The standard InChI is InChI=1S/C46H70O19/c1-20(18-57-42-39(55)38(54)37(53)33(17-47)64-42)11-12-46(56)21(2)35-30(65-46)14-28-27-10-9-26-13-29(52)31(59-22(3)48)15-44(26,7)36(27)32(16-45(28,35)8)63-43-41(62-25(6)51)40(61-24(5)50)34(19-58-43)60-23(4)49/h20-21,26-28,30-43,47,53-56H,9-19H2,1-8H3/t20-,21+,26-,27+,28+,30+,31+,32-,33-,34+,35+,36-,37-,38+,39-,40+,41-,42-,43+,44+,45+,46-/m1/s1. The van der Waals surface area contributed by atoms with Gasteiger partial charge in [-0.1, -0.05) is 27.7 Å². The number of ketones is 1. The summed E-state index contributed by atoms with van der Waals surface area (Å²) in [6.45, 7) is 12.5. The second-order valence-electron chi connectivity index (χ2n) is 20.7. The van der Waals surface area contributed by atoms with Crippen LogP contribution in [0.2, 0.25) is 0 Å². The zero-order valence-electron chi connectivity index (χ0n) is 38.7. The van der Waals surface area contributed by atoms with Crippen molar-refractivity contribution in [2.75, 3.05) is 19.8 Å². The van der Waals surface area contributed by atoms with E-state index in [1.165, 1.54) is 27.7 Å². The molecule has 4 aliphatic carbocycles. The van der Waals surface area contributed by atoms with E-state index in [0.29, 0.717) is 25.7 Å². The normalized spacial score (nSPS) is 47.3. The number of aliphatic hydroxyl groups is 5. The summed E-state index contributed by atoms with van der Waals surface area (Å²) in [5, 5.41) is 52.7. The fourth-order valence-corrected chi connectivity index (χ4v) is 13.6. The lowest BCUT2D eigenvalue weighted by Gasteiger charge is -2.63. The first kappa shape index (κ1) is 50.0. The van der Waals surface area contributed by atoms with E-state index in [4.69, 9.17) is 42.6 Å². The van der Waals surface area contributed by atoms with Gasteiger partial charge >= 0.3 is 23.9 Å². The Bertz CT molecular complexity index is 1780.